The predicted octanol–water partition coefficient (Wildman–Crippen LogP) is 1.00. The summed E-state index contributed by atoms with van der Waals surface area (Å²) in [5.41, 5.74) is 0.940. The molecule has 2 rings (SSSR count). The Morgan fingerprint density at radius 1 is 1.59 bits per heavy atom. The number of hydrogen-bond acceptors (Lipinski definition) is 3. The van der Waals surface area contributed by atoms with Gasteiger partial charge in [-0.05, 0) is 13.0 Å². The summed E-state index contributed by atoms with van der Waals surface area (Å²) in [4.78, 5) is 13.7. The van der Waals surface area contributed by atoms with E-state index in [0.29, 0.717) is 13.2 Å². The summed E-state index contributed by atoms with van der Waals surface area (Å²) >= 11 is 0. The summed E-state index contributed by atoms with van der Waals surface area (Å²) in [7, 11) is 1.70. The van der Waals surface area contributed by atoms with Crippen LogP contribution in [0.15, 0.2) is 24.3 Å². The van der Waals surface area contributed by atoms with Crippen LogP contribution in [0.3, 0.4) is 0 Å². The maximum atomic E-state index is 12.2. The first-order valence-corrected chi connectivity index (χ1v) is 5.74. The van der Waals surface area contributed by atoms with Gasteiger partial charge in [0.25, 0.3) is 0 Å². The number of likely N-dealkylation sites (N-methyl/N-ethyl adjacent to an activating group) is 1. The van der Waals surface area contributed by atoms with Crippen LogP contribution in [-0.4, -0.2) is 42.2 Å². The molecule has 0 aromatic heterocycles. The number of carbonyl (C=O) groups is 1. The third kappa shape index (κ3) is 2.42. The molecule has 1 aromatic rings. The Kier molecular flexibility index (Phi) is 3.33. The van der Waals surface area contributed by atoms with E-state index in [-0.39, 0.29) is 11.8 Å². The molecule has 0 saturated heterocycles. The van der Waals surface area contributed by atoms with Crippen LogP contribution in [0.4, 0.5) is 0 Å². The van der Waals surface area contributed by atoms with Gasteiger partial charge in [0.2, 0.25) is 5.91 Å². The third-order valence-electron chi connectivity index (χ3n) is 2.91. The number of rotatable bonds is 3. The van der Waals surface area contributed by atoms with Gasteiger partial charge in [0.15, 0.2) is 0 Å². The molecule has 4 nitrogen and oxygen atoms in total. The van der Waals surface area contributed by atoms with Crippen molar-refractivity contribution in [3.63, 3.8) is 0 Å². The van der Waals surface area contributed by atoms with E-state index in [9.17, 15) is 9.90 Å². The van der Waals surface area contributed by atoms with Gasteiger partial charge in [-0.3, -0.25) is 4.79 Å². The minimum Gasteiger partial charge on any atom is -0.492 e. The molecule has 1 heterocycles. The molecular formula is C13H17NO3. The maximum Gasteiger partial charge on any atom is 0.233 e. The molecule has 1 aliphatic rings. The van der Waals surface area contributed by atoms with Gasteiger partial charge < -0.3 is 14.7 Å². The molecule has 0 bridgehead atoms. The number of amides is 1. The van der Waals surface area contributed by atoms with Crippen molar-refractivity contribution in [3.8, 4) is 5.75 Å². The fraction of sp³-hybridized carbons (Fsp3) is 0.462. The minimum atomic E-state index is -0.512. The summed E-state index contributed by atoms with van der Waals surface area (Å²) in [5.74, 6) is 0.544. The smallest absolute Gasteiger partial charge is 0.233 e. The molecule has 92 valence electrons. The largest absolute Gasteiger partial charge is 0.492 e. The van der Waals surface area contributed by atoms with Gasteiger partial charge in [0.05, 0.1) is 6.10 Å². The summed E-state index contributed by atoms with van der Waals surface area (Å²) < 4.78 is 5.48. The van der Waals surface area contributed by atoms with Gasteiger partial charge in [-0.25, -0.2) is 0 Å². The molecule has 0 radical (unpaired) electrons. The van der Waals surface area contributed by atoms with E-state index in [4.69, 9.17) is 4.74 Å². The number of benzene rings is 1. The molecule has 0 fully saturated rings. The Balaban J connectivity index is 2.12. The van der Waals surface area contributed by atoms with Crippen molar-refractivity contribution < 1.29 is 14.6 Å². The molecule has 2 atom stereocenters. The molecule has 4 heteroatoms. The monoisotopic (exact) mass is 235 g/mol. The highest BCUT2D eigenvalue weighted by atomic mass is 16.5. The molecule has 2 unspecified atom stereocenters. The number of aliphatic hydroxyl groups excluding tert-OH is 1. The lowest BCUT2D eigenvalue weighted by Gasteiger charge is -2.21. The highest BCUT2D eigenvalue weighted by Crippen LogP contribution is 2.34. The SMILES string of the molecule is CC(O)CN(C)C(=O)C1COc2ccccc21. The van der Waals surface area contributed by atoms with E-state index in [0.717, 1.165) is 11.3 Å². The van der Waals surface area contributed by atoms with Crippen LogP contribution in [0.5, 0.6) is 5.75 Å². The predicted molar refractivity (Wildman–Crippen MR) is 64.0 cm³/mol. The maximum absolute atomic E-state index is 12.2. The minimum absolute atomic E-state index is 0.00384. The van der Waals surface area contributed by atoms with Crippen molar-refractivity contribution in [3.05, 3.63) is 29.8 Å². The van der Waals surface area contributed by atoms with Crippen molar-refractivity contribution in [1.29, 1.82) is 0 Å². The van der Waals surface area contributed by atoms with Crippen LogP contribution in [0, 0.1) is 0 Å². The lowest BCUT2D eigenvalue weighted by atomic mass is 10.00. The van der Waals surface area contributed by atoms with Crippen molar-refractivity contribution in [1.82, 2.24) is 4.90 Å². The summed E-state index contributed by atoms with van der Waals surface area (Å²) in [6, 6.07) is 7.59. The van der Waals surface area contributed by atoms with Crippen molar-refractivity contribution in [2.75, 3.05) is 20.2 Å². The van der Waals surface area contributed by atoms with Gasteiger partial charge in [-0.1, -0.05) is 18.2 Å². The molecule has 0 aliphatic carbocycles. The summed E-state index contributed by atoms with van der Waals surface area (Å²) in [5, 5.41) is 9.28. The molecule has 1 aromatic carbocycles. The zero-order valence-electron chi connectivity index (χ0n) is 10.1. The van der Waals surface area contributed by atoms with Gasteiger partial charge in [0.1, 0.15) is 18.3 Å². The standard InChI is InChI=1S/C13H17NO3/c1-9(15)7-14(2)13(16)11-8-17-12-6-4-3-5-10(11)12/h3-6,9,11,15H,7-8H2,1-2H3. The second kappa shape index (κ2) is 4.75. The second-order valence-electron chi connectivity index (χ2n) is 4.47. The highest BCUT2D eigenvalue weighted by molar-refractivity contribution is 5.85. The van der Waals surface area contributed by atoms with Crippen LogP contribution in [0.25, 0.3) is 0 Å². The number of aliphatic hydroxyl groups is 1. The van der Waals surface area contributed by atoms with Crippen LogP contribution in [0.1, 0.15) is 18.4 Å². The second-order valence-corrected chi connectivity index (χ2v) is 4.47. The Morgan fingerprint density at radius 3 is 3.00 bits per heavy atom. The first-order valence-electron chi connectivity index (χ1n) is 5.74. The van der Waals surface area contributed by atoms with Crippen LogP contribution < -0.4 is 4.74 Å². The van der Waals surface area contributed by atoms with E-state index >= 15 is 0 Å². The number of fused-ring (bicyclic) bond motifs is 1. The quantitative estimate of drug-likeness (QED) is 0.850. The molecule has 1 N–H and O–H groups in total. The molecule has 1 amide bonds. The van der Waals surface area contributed by atoms with E-state index in [1.54, 1.807) is 18.9 Å². The average molecular weight is 235 g/mol. The number of ether oxygens (including phenoxy) is 1. The van der Waals surface area contributed by atoms with Gasteiger partial charge in [-0.15, -0.1) is 0 Å². The van der Waals surface area contributed by atoms with E-state index in [1.807, 2.05) is 24.3 Å². The lowest BCUT2D eigenvalue weighted by molar-refractivity contribution is -0.132. The number of nitrogens with zero attached hydrogens (tertiary/aromatic N) is 1. The highest BCUT2D eigenvalue weighted by Gasteiger charge is 2.32. The van der Waals surface area contributed by atoms with Crippen molar-refractivity contribution >= 4 is 5.91 Å². The van der Waals surface area contributed by atoms with Crippen molar-refractivity contribution in [2.24, 2.45) is 0 Å². The van der Waals surface area contributed by atoms with E-state index in [2.05, 4.69) is 0 Å². The molecule has 1 aliphatic heterocycles. The topological polar surface area (TPSA) is 49.8 Å². The number of carbonyl (C=O) groups excluding carboxylic acids is 1. The van der Waals surface area contributed by atoms with Crippen molar-refractivity contribution in [2.45, 2.75) is 18.9 Å². The first kappa shape index (κ1) is 11.9. The Labute approximate surface area is 101 Å². The Bertz CT molecular complexity index is 417. The zero-order chi connectivity index (χ0) is 12.4. The fourth-order valence-electron chi connectivity index (χ4n) is 2.12. The zero-order valence-corrected chi connectivity index (χ0v) is 10.1. The van der Waals surface area contributed by atoms with E-state index in [1.165, 1.54) is 0 Å². The lowest BCUT2D eigenvalue weighted by Crippen LogP contribution is -2.37. The van der Waals surface area contributed by atoms with Gasteiger partial charge in [-0.2, -0.15) is 0 Å². The number of para-hydroxylation sites is 1. The van der Waals surface area contributed by atoms with E-state index < -0.39 is 6.10 Å². The molecule has 0 saturated carbocycles. The van der Waals surface area contributed by atoms with Crippen LogP contribution >= 0.6 is 0 Å². The molecule has 0 spiro atoms. The average Bonchev–Trinajstić information content (AvgIpc) is 2.70. The van der Waals surface area contributed by atoms with Crippen LogP contribution in [-0.2, 0) is 4.79 Å². The number of hydrogen-bond donors (Lipinski definition) is 1. The fourth-order valence-corrected chi connectivity index (χ4v) is 2.12. The summed E-state index contributed by atoms with van der Waals surface area (Å²) in [6.45, 7) is 2.41. The Morgan fingerprint density at radius 2 is 2.29 bits per heavy atom. The molecule has 17 heavy (non-hydrogen) atoms. The Hall–Kier alpha value is -1.55. The third-order valence-corrected chi connectivity index (χ3v) is 2.91. The summed E-state index contributed by atoms with van der Waals surface area (Å²) in [6.07, 6.45) is -0.512. The van der Waals surface area contributed by atoms with Gasteiger partial charge >= 0.3 is 0 Å². The first-order chi connectivity index (χ1) is 8.09. The normalized spacial score (nSPS) is 19.4. The van der Waals surface area contributed by atoms with Crippen LogP contribution in [0.2, 0.25) is 0 Å². The molecular weight excluding hydrogens is 218 g/mol. The van der Waals surface area contributed by atoms with Gasteiger partial charge in [0, 0.05) is 19.2 Å².